The third kappa shape index (κ3) is 9.23. The topological polar surface area (TPSA) is 119 Å². The molecule has 0 aliphatic carbocycles. The average molecular weight is 525 g/mol. The number of carbonyl (C=O) groups excluding carboxylic acids is 3. The van der Waals surface area contributed by atoms with Crippen LogP contribution in [0.4, 0.5) is 26.1 Å². The quantitative estimate of drug-likeness (QED) is 0.332. The number of hydrogen-bond donors (Lipinski definition) is 3. The van der Waals surface area contributed by atoms with E-state index in [-0.39, 0.29) is 5.91 Å². The number of anilines is 3. The van der Waals surface area contributed by atoms with Crippen LogP contribution >= 0.6 is 11.3 Å². The van der Waals surface area contributed by atoms with Gasteiger partial charge in [-0.25, -0.2) is 14.6 Å². The lowest BCUT2D eigenvalue weighted by molar-refractivity contribution is -0.114. The maximum atomic E-state index is 12.0. The summed E-state index contributed by atoms with van der Waals surface area (Å²) in [6.45, 7) is 6.91. The summed E-state index contributed by atoms with van der Waals surface area (Å²) < 4.78 is 9.91. The van der Waals surface area contributed by atoms with Crippen molar-refractivity contribution in [1.82, 2.24) is 4.98 Å². The van der Waals surface area contributed by atoms with Gasteiger partial charge in [-0.2, -0.15) is 0 Å². The standard InChI is InChI=1S/C27H32N4O5S/c1-17(32)28-24-31-22(23(37-24)16-19-8-13-20(14-9-19)29-25(33)35-5)15-10-18-6-11-21(12-7-18)30-26(34)36-27(2,3)4/h6-9,11-14H,10,15-16H2,1-5H3,(H,29,33)(H,30,34)(H,28,31,32). The fraction of sp³-hybridized carbons (Fsp3) is 0.333. The highest BCUT2D eigenvalue weighted by Crippen LogP contribution is 2.28. The van der Waals surface area contributed by atoms with Gasteiger partial charge >= 0.3 is 12.2 Å². The van der Waals surface area contributed by atoms with E-state index in [0.717, 1.165) is 28.1 Å². The van der Waals surface area contributed by atoms with Gasteiger partial charge in [-0.1, -0.05) is 24.3 Å². The molecule has 0 radical (unpaired) electrons. The minimum Gasteiger partial charge on any atom is -0.453 e. The highest BCUT2D eigenvalue weighted by molar-refractivity contribution is 7.15. The number of nitrogens with one attached hydrogen (secondary N) is 3. The molecule has 0 aliphatic heterocycles. The number of carbonyl (C=O) groups is 3. The fourth-order valence-electron chi connectivity index (χ4n) is 3.42. The summed E-state index contributed by atoms with van der Waals surface area (Å²) >= 11 is 1.46. The van der Waals surface area contributed by atoms with E-state index < -0.39 is 17.8 Å². The van der Waals surface area contributed by atoms with Crippen LogP contribution in [-0.4, -0.2) is 35.8 Å². The Labute approximate surface area is 220 Å². The highest BCUT2D eigenvalue weighted by Gasteiger charge is 2.16. The molecule has 0 saturated carbocycles. The van der Waals surface area contributed by atoms with Gasteiger partial charge in [-0.3, -0.25) is 15.4 Å². The van der Waals surface area contributed by atoms with E-state index in [4.69, 9.17) is 4.74 Å². The van der Waals surface area contributed by atoms with Crippen LogP contribution in [0.5, 0.6) is 0 Å². The van der Waals surface area contributed by atoms with Crippen LogP contribution in [0.25, 0.3) is 0 Å². The monoisotopic (exact) mass is 524 g/mol. The van der Waals surface area contributed by atoms with Crippen molar-refractivity contribution in [2.45, 2.75) is 52.6 Å². The number of rotatable bonds is 8. The molecule has 0 aliphatic rings. The molecule has 1 aromatic heterocycles. The van der Waals surface area contributed by atoms with Crippen molar-refractivity contribution < 1.29 is 23.9 Å². The Balaban J connectivity index is 1.67. The van der Waals surface area contributed by atoms with Crippen molar-refractivity contribution in [3.05, 3.63) is 70.2 Å². The predicted octanol–water partition coefficient (Wildman–Crippen LogP) is 6.00. The molecule has 3 amide bonds. The van der Waals surface area contributed by atoms with Gasteiger partial charge in [0.15, 0.2) is 5.13 Å². The number of thiazole rings is 1. The van der Waals surface area contributed by atoms with E-state index >= 15 is 0 Å². The Hall–Kier alpha value is -3.92. The van der Waals surface area contributed by atoms with Gasteiger partial charge in [0.25, 0.3) is 0 Å². The molecule has 10 heteroatoms. The molecule has 0 unspecified atom stereocenters. The molecule has 1 heterocycles. The lowest BCUT2D eigenvalue weighted by Crippen LogP contribution is -2.27. The van der Waals surface area contributed by atoms with Gasteiger partial charge in [0.1, 0.15) is 5.60 Å². The second-order valence-corrected chi connectivity index (χ2v) is 10.5. The molecule has 3 N–H and O–H groups in total. The average Bonchev–Trinajstić information content (AvgIpc) is 3.18. The second-order valence-electron chi connectivity index (χ2n) is 9.38. The van der Waals surface area contributed by atoms with E-state index in [1.165, 1.54) is 25.4 Å². The van der Waals surface area contributed by atoms with Crippen LogP contribution < -0.4 is 16.0 Å². The zero-order chi connectivity index (χ0) is 27.0. The molecule has 3 aromatic rings. The largest absolute Gasteiger partial charge is 0.453 e. The lowest BCUT2D eigenvalue weighted by atomic mass is 10.0. The highest BCUT2D eigenvalue weighted by atomic mass is 32.1. The maximum absolute atomic E-state index is 12.0. The third-order valence-corrected chi connectivity index (χ3v) is 6.07. The van der Waals surface area contributed by atoms with E-state index in [0.29, 0.717) is 29.3 Å². The molecule has 2 aromatic carbocycles. The van der Waals surface area contributed by atoms with Gasteiger partial charge < -0.3 is 14.8 Å². The Morgan fingerprint density at radius 2 is 1.41 bits per heavy atom. The third-order valence-electron chi connectivity index (χ3n) is 5.06. The van der Waals surface area contributed by atoms with Gasteiger partial charge in [-0.05, 0) is 69.0 Å². The first-order chi connectivity index (χ1) is 17.5. The van der Waals surface area contributed by atoms with E-state index in [9.17, 15) is 14.4 Å². The number of nitrogens with zero attached hydrogens (tertiary/aromatic N) is 1. The molecular formula is C27H32N4O5S. The van der Waals surface area contributed by atoms with Crippen LogP contribution in [0.1, 0.15) is 49.4 Å². The predicted molar refractivity (Wildman–Crippen MR) is 145 cm³/mol. The minimum atomic E-state index is -0.562. The normalized spacial score (nSPS) is 10.9. The SMILES string of the molecule is COC(=O)Nc1ccc(Cc2sc(NC(C)=O)nc2CCc2ccc(NC(=O)OC(C)(C)C)cc2)cc1. The maximum Gasteiger partial charge on any atom is 0.412 e. The van der Waals surface area contributed by atoms with Gasteiger partial charge in [0.05, 0.1) is 12.8 Å². The first-order valence-electron chi connectivity index (χ1n) is 11.8. The molecule has 3 rings (SSSR count). The number of aromatic nitrogens is 1. The first-order valence-corrected chi connectivity index (χ1v) is 12.6. The number of benzene rings is 2. The van der Waals surface area contributed by atoms with Gasteiger partial charge in [-0.15, -0.1) is 11.3 Å². The number of amides is 3. The fourth-order valence-corrected chi connectivity index (χ4v) is 4.51. The van der Waals surface area contributed by atoms with Crippen molar-refractivity contribution >= 4 is 45.9 Å². The first kappa shape index (κ1) is 27.7. The Morgan fingerprint density at radius 1 is 0.838 bits per heavy atom. The Morgan fingerprint density at radius 3 is 1.95 bits per heavy atom. The van der Waals surface area contributed by atoms with E-state index in [1.807, 2.05) is 69.3 Å². The van der Waals surface area contributed by atoms with Crippen molar-refractivity contribution in [2.24, 2.45) is 0 Å². The zero-order valence-corrected chi connectivity index (χ0v) is 22.5. The summed E-state index contributed by atoms with van der Waals surface area (Å²) in [4.78, 5) is 40.7. The number of aryl methyl sites for hydroxylation is 2. The molecule has 0 saturated heterocycles. The van der Waals surface area contributed by atoms with E-state index in [1.54, 1.807) is 0 Å². The summed E-state index contributed by atoms with van der Waals surface area (Å²) in [5.74, 6) is -0.168. The minimum absolute atomic E-state index is 0.168. The van der Waals surface area contributed by atoms with Crippen molar-refractivity contribution in [2.75, 3.05) is 23.1 Å². The van der Waals surface area contributed by atoms with E-state index in [2.05, 4.69) is 25.7 Å². The van der Waals surface area contributed by atoms with Crippen LogP contribution in [0.2, 0.25) is 0 Å². The number of methoxy groups -OCH3 is 1. The summed E-state index contributed by atoms with van der Waals surface area (Å²) in [5, 5.41) is 8.72. The number of hydrogen-bond acceptors (Lipinski definition) is 7. The lowest BCUT2D eigenvalue weighted by Gasteiger charge is -2.19. The number of ether oxygens (including phenoxy) is 2. The van der Waals surface area contributed by atoms with Crippen molar-refractivity contribution in [3.8, 4) is 0 Å². The van der Waals surface area contributed by atoms with Crippen LogP contribution in [0.15, 0.2) is 48.5 Å². The molecule has 37 heavy (non-hydrogen) atoms. The van der Waals surface area contributed by atoms with Gasteiger partial charge in [0, 0.05) is 29.6 Å². The molecule has 0 spiro atoms. The molecule has 196 valence electrons. The Kier molecular flexibility index (Phi) is 9.24. The van der Waals surface area contributed by atoms with Gasteiger partial charge in [0.2, 0.25) is 5.91 Å². The second kappa shape index (κ2) is 12.4. The summed E-state index contributed by atoms with van der Waals surface area (Å²) in [5.41, 5.74) is 3.80. The van der Waals surface area contributed by atoms with Crippen molar-refractivity contribution in [1.29, 1.82) is 0 Å². The Bertz CT molecular complexity index is 1230. The molecule has 0 bridgehead atoms. The van der Waals surface area contributed by atoms with Crippen molar-refractivity contribution in [3.63, 3.8) is 0 Å². The zero-order valence-electron chi connectivity index (χ0n) is 21.6. The smallest absolute Gasteiger partial charge is 0.412 e. The van der Waals surface area contributed by atoms with Crippen LogP contribution in [-0.2, 0) is 33.5 Å². The van der Waals surface area contributed by atoms with Crippen LogP contribution in [0.3, 0.4) is 0 Å². The van der Waals surface area contributed by atoms with Crippen LogP contribution in [0, 0.1) is 0 Å². The molecular weight excluding hydrogens is 492 g/mol. The summed E-state index contributed by atoms with van der Waals surface area (Å²) in [6.07, 6.45) is 1.05. The molecule has 0 atom stereocenters. The molecule has 9 nitrogen and oxygen atoms in total. The summed E-state index contributed by atoms with van der Waals surface area (Å²) in [6, 6.07) is 15.1. The summed E-state index contributed by atoms with van der Waals surface area (Å²) in [7, 11) is 1.32. The molecule has 0 fully saturated rings.